The number of hydrogen-bond acceptors (Lipinski definition) is 7. The Bertz CT molecular complexity index is 1110. The van der Waals surface area contributed by atoms with Crippen LogP contribution in [0.1, 0.15) is 28.1 Å². The zero-order valence-corrected chi connectivity index (χ0v) is 19.0. The third kappa shape index (κ3) is 4.53. The molecule has 0 atom stereocenters. The van der Waals surface area contributed by atoms with Gasteiger partial charge < -0.3 is 20.4 Å². The minimum absolute atomic E-state index is 0.349. The second-order valence-electron chi connectivity index (χ2n) is 8.95. The quantitative estimate of drug-likeness (QED) is 0.683. The van der Waals surface area contributed by atoms with Crippen LogP contribution in [0.4, 0.5) is 17.6 Å². The van der Waals surface area contributed by atoms with Crippen molar-refractivity contribution in [3.8, 4) is 0 Å². The van der Waals surface area contributed by atoms with Gasteiger partial charge in [0.1, 0.15) is 11.6 Å². The molecule has 2 N–H and O–H groups in total. The summed E-state index contributed by atoms with van der Waals surface area (Å²) in [6, 6.07) is 15.2. The van der Waals surface area contributed by atoms with Crippen LogP contribution >= 0.6 is 0 Å². The van der Waals surface area contributed by atoms with E-state index in [1.54, 1.807) is 0 Å². The average molecular weight is 430 g/mol. The molecule has 1 aromatic carbocycles. The Hall–Kier alpha value is -3.19. The summed E-state index contributed by atoms with van der Waals surface area (Å²) in [6.07, 6.45) is 1.86. The van der Waals surface area contributed by atoms with Crippen LogP contribution < -0.4 is 15.5 Å². The van der Waals surface area contributed by atoms with Crippen LogP contribution in [-0.2, 0) is 19.4 Å². The van der Waals surface area contributed by atoms with Crippen molar-refractivity contribution < 1.29 is 0 Å². The maximum Gasteiger partial charge on any atom is 0.223 e. The van der Waals surface area contributed by atoms with Gasteiger partial charge in [-0.05, 0) is 49.2 Å². The summed E-state index contributed by atoms with van der Waals surface area (Å²) >= 11 is 0. The molecule has 0 aliphatic carbocycles. The number of nitrogens with zero attached hydrogens (tertiary/aromatic N) is 6. The molecule has 7 heteroatoms. The van der Waals surface area contributed by atoms with E-state index in [9.17, 15) is 0 Å². The molecule has 2 aromatic heterocycles. The van der Waals surface area contributed by atoms with Gasteiger partial charge in [0.05, 0.1) is 0 Å². The van der Waals surface area contributed by atoms with Gasteiger partial charge in [-0.25, -0.2) is 0 Å². The molecule has 166 valence electrons. The third-order valence-corrected chi connectivity index (χ3v) is 6.48. The molecule has 0 spiro atoms. The molecule has 0 unspecified atom stereocenters. The van der Waals surface area contributed by atoms with Crippen molar-refractivity contribution in [2.24, 2.45) is 0 Å². The molecule has 3 aromatic rings. The van der Waals surface area contributed by atoms with Gasteiger partial charge in [0, 0.05) is 63.1 Å². The molecule has 32 heavy (non-hydrogen) atoms. The van der Waals surface area contributed by atoms with E-state index in [1.165, 1.54) is 16.7 Å². The molecule has 5 rings (SSSR count). The van der Waals surface area contributed by atoms with E-state index in [4.69, 9.17) is 5.73 Å². The van der Waals surface area contributed by atoms with Crippen LogP contribution in [0.2, 0.25) is 0 Å². The zero-order valence-electron chi connectivity index (χ0n) is 19.0. The van der Waals surface area contributed by atoms with E-state index in [-0.39, 0.29) is 0 Å². The molecule has 0 radical (unpaired) electrons. The number of likely N-dealkylation sites (N-methyl/N-ethyl adjacent to an activating group) is 1. The number of piperazine rings is 1. The molecule has 0 bridgehead atoms. The summed E-state index contributed by atoms with van der Waals surface area (Å²) in [7, 11) is 2.16. The monoisotopic (exact) mass is 429 g/mol. The lowest BCUT2D eigenvalue weighted by atomic mass is 9.95. The van der Waals surface area contributed by atoms with Crippen molar-refractivity contribution >= 4 is 17.6 Å². The van der Waals surface area contributed by atoms with Crippen molar-refractivity contribution in [1.82, 2.24) is 19.9 Å². The molecule has 2 aliphatic rings. The van der Waals surface area contributed by atoms with Crippen molar-refractivity contribution in [2.75, 3.05) is 55.3 Å². The number of anilines is 3. The molecule has 4 heterocycles. The van der Waals surface area contributed by atoms with Crippen molar-refractivity contribution in [3.63, 3.8) is 0 Å². The fourth-order valence-corrected chi connectivity index (χ4v) is 4.62. The van der Waals surface area contributed by atoms with E-state index < -0.39 is 0 Å². The van der Waals surface area contributed by atoms with Gasteiger partial charge >= 0.3 is 0 Å². The Balaban J connectivity index is 1.35. The third-order valence-electron chi connectivity index (χ3n) is 6.48. The second-order valence-corrected chi connectivity index (χ2v) is 8.95. The molecule has 2 aliphatic heterocycles. The summed E-state index contributed by atoms with van der Waals surface area (Å²) in [5, 5.41) is 0. The molecule has 0 saturated carbocycles. The van der Waals surface area contributed by atoms with Crippen LogP contribution in [-0.4, -0.2) is 59.6 Å². The Morgan fingerprint density at radius 1 is 0.844 bits per heavy atom. The first-order valence-electron chi connectivity index (χ1n) is 11.4. The molecular weight excluding hydrogens is 398 g/mol. The van der Waals surface area contributed by atoms with Gasteiger partial charge in [-0.2, -0.15) is 9.97 Å². The number of hydrogen-bond donors (Lipinski definition) is 1. The SMILES string of the molecule is Cc1cccc(Cc2ccc3c(c2)CN(c2cc(N4CCN(C)CC4)nc(N)n2)CC3)n1. The maximum atomic E-state index is 6.12. The maximum absolute atomic E-state index is 6.12. The number of aromatic nitrogens is 3. The summed E-state index contributed by atoms with van der Waals surface area (Å²) < 4.78 is 0. The number of rotatable bonds is 4. The Morgan fingerprint density at radius 3 is 2.41 bits per heavy atom. The van der Waals surface area contributed by atoms with Crippen LogP contribution in [0, 0.1) is 6.92 Å². The van der Waals surface area contributed by atoms with Crippen molar-refractivity contribution in [3.05, 3.63) is 70.5 Å². The highest BCUT2D eigenvalue weighted by atomic mass is 15.3. The summed E-state index contributed by atoms with van der Waals surface area (Å²) in [4.78, 5) is 20.8. The van der Waals surface area contributed by atoms with Gasteiger partial charge in [-0.1, -0.05) is 24.3 Å². The van der Waals surface area contributed by atoms with Gasteiger partial charge in [-0.3, -0.25) is 4.98 Å². The Kier molecular flexibility index (Phi) is 5.66. The lowest BCUT2D eigenvalue weighted by Gasteiger charge is -2.34. The number of nitrogen functional groups attached to an aromatic ring is 1. The van der Waals surface area contributed by atoms with Crippen LogP contribution in [0.5, 0.6) is 0 Å². The van der Waals surface area contributed by atoms with Gasteiger partial charge in [0.2, 0.25) is 5.95 Å². The minimum atomic E-state index is 0.349. The van der Waals surface area contributed by atoms with Crippen LogP contribution in [0.3, 0.4) is 0 Å². The van der Waals surface area contributed by atoms with Gasteiger partial charge in [-0.15, -0.1) is 0 Å². The number of aryl methyl sites for hydroxylation is 1. The van der Waals surface area contributed by atoms with Crippen molar-refractivity contribution in [1.29, 1.82) is 0 Å². The number of benzene rings is 1. The number of pyridine rings is 1. The smallest absolute Gasteiger partial charge is 0.223 e. The number of nitrogens with two attached hydrogens (primary N) is 1. The van der Waals surface area contributed by atoms with E-state index >= 15 is 0 Å². The predicted molar refractivity (Wildman–Crippen MR) is 129 cm³/mol. The highest BCUT2D eigenvalue weighted by molar-refractivity contribution is 5.56. The number of fused-ring (bicyclic) bond motifs is 1. The van der Waals surface area contributed by atoms with E-state index in [2.05, 4.69) is 73.1 Å². The second kappa shape index (κ2) is 8.74. The van der Waals surface area contributed by atoms with Crippen molar-refractivity contribution in [2.45, 2.75) is 26.3 Å². The molecule has 1 saturated heterocycles. The summed E-state index contributed by atoms with van der Waals surface area (Å²) in [5.41, 5.74) is 12.4. The Labute approximate surface area is 189 Å². The highest BCUT2D eigenvalue weighted by Crippen LogP contribution is 2.27. The fraction of sp³-hybridized carbons (Fsp3) is 0.400. The van der Waals surface area contributed by atoms with Crippen LogP contribution in [0.25, 0.3) is 0 Å². The molecular formula is C25H31N7. The van der Waals surface area contributed by atoms with Gasteiger partial charge in [0.15, 0.2) is 0 Å². The zero-order chi connectivity index (χ0) is 22.1. The van der Waals surface area contributed by atoms with E-state index in [0.717, 1.165) is 75.1 Å². The molecule has 1 fully saturated rings. The summed E-state index contributed by atoms with van der Waals surface area (Å²) in [5.74, 6) is 2.20. The lowest BCUT2D eigenvalue weighted by molar-refractivity contribution is 0.312. The first kappa shape index (κ1) is 20.7. The fourth-order valence-electron chi connectivity index (χ4n) is 4.62. The normalized spacial score (nSPS) is 16.8. The first-order chi connectivity index (χ1) is 15.5. The minimum Gasteiger partial charge on any atom is -0.368 e. The lowest BCUT2D eigenvalue weighted by Crippen LogP contribution is -2.45. The van der Waals surface area contributed by atoms with E-state index in [0.29, 0.717) is 5.95 Å². The summed E-state index contributed by atoms with van der Waals surface area (Å²) in [6.45, 7) is 7.81. The highest BCUT2D eigenvalue weighted by Gasteiger charge is 2.22. The molecule has 0 amide bonds. The van der Waals surface area contributed by atoms with Gasteiger partial charge in [0.25, 0.3) is 0 Å². The van der Waals surface area contributed by atoms with Crippen LogP contribution in [0.15, 0.2) is 42.5 Å². The molecule has 7 nitrogen and oxygen atoms in total. The Morgan fingerprint density at radius 2 is 1.62 bits per heavy atom. The largest absolute Gasteiger partial charge is 0.368 e. The first-order valence-corrected chi connectivity index (χ1v) is 11.4. The standard InChI is InChI=1S/C25H31N7/c1-18-4-3-5-22(27-18)15-19-6-7-20-8-9-32(17-21(20)14-19)24-16-23(28-25(26)29-24)31-12-10-30(2)11-13-31/h3-7,14,16H,8-13,15,17H2,1-2H3,(H2,26,28,29). The predicted octanol–water partition coefficient (Wildman–Crippen LogP) is 2.67. The average Bonchev–Trinajstić information content (AvgIpc) is 2.79. The topological polar surface area (TPSA) is 74.4 Å². The van der Waals surface area contributed by atoms with E-state index in [1.807, 2.05) is 13.0 Å².